The zero-order valence-corrected chi connectivity index (χ0v) is 11.5. The van der Waals surface area contributed by atoms with E-state index in [-0.39, 0.29) is 5.97 Å². The molecule has 0 aliphatic heterocycles. The summed E-state index contributed by atoms with van der Waals surface area (Å²) >= 11 is 0. The predicted molar refractivity (Wildman–Crippen MR) is 79.4 cm³/mol. The van der Waals surface area contributed by atoms with Crippen LogP contribution in [0.15, 0.2) is 54.6 Å². The molecule has 20 heavy (non-hydrogen) atoms. The molecule has 1 heterocycles. The Morgan fingerprint density at radius 3 is 2.50 bits per heavy atom. The molecule has 0 radical (unpaired) electrons. The number of benzene rings is 2. The molecule has 0 unspecified atom stereocenters. The normalized spacial score (nSPS) is 10.7. The summed E-state index contributed by atoms with van der Waals surface area (Å²) in [6.45, 7) is 2.04. The lowest BCUT2D eigenvalue weighted by molar-refractivity contribution is 0.0592. The largest absolute Gasteiger partial charge is 0.464 e. The van der Waals surface area contributed by atoms with Gasteiger partial charge in [-0.05, 0) is 37.3 Å². The molecule has 0 atom stereocenters. The van der Waals surface area contributed by atoms with Gasteiger partial charge in [-0.1, -0.05) is 29.8 Å². The van der Waals surface area contributed by atoms with E-state index >= 15 is 0 Å². The summed E-state index contributed by atoms with van der Waals surface area (Å²) in [5.74, 6) is -0.331. The first kappa shape index (κ1) is 12.5. The number of hydrogen-bond acceptors (Lipinski definition) is 2. The number of para-hydroxylation sites is 1. The summed E-state index contributed by atoms with van der Waals surface area (Å²) in [6.07, 6.45) is 0. The Labute approximate surface area is 117 Å². The van der Waals surface area contributed by atoms with Gasteiger partial charge in [0.05, 0.1) is 12.6 Å². The van der Waals surface area contributed by atoms with Crippen LogP contribution in [0, 0.1) is 6.92 Å². The average molecular weight is 265 g/mol. The molecule has 0 bridgehead atoms. The Morgan fingerprint density at radius 1 is 1.05 bits per heavy atom. The van der Waals surface area contributed by atoms with Crippen molar-refractivity contribution in [2.75, 3.05) is 7.11 Å². The molecule has 0 N–H and O–H groups in total. The fourth-order valence-corrected chi connectivity index (χ4v) is 2.44. The summed E-state index contributed by atoms with van der Waals surface area (Å²) in [6, 6.07) is 17.8. The maximum Gasteiger partial charge on any atom is 0.355 e. The SMILES string of the molecule is COC(=O)c1cc2cc(C)ccc2n1-c1ccccc1. The molecule has 0 aliphatic carbocycles. The molecule has 3 nitrogen and oxygen atoms in total. The van der Waals surface area contributed by atoms with E-state index in [1.165, 1.54) is 12.7 Å². The van der Waals surface area contributed by atoms with Crippen molar-refractivity contribution in [2.24, 2.45) is 0 Å². The fraction of sp³-hybridized carbons (Fsp3) is 0.118. The third kappa shape index (κ3) is 1.97. The van der Waals surface area contributed by atoms with Crippen molar-refractivity contribution in [1.29, 1.82) is 0 Å². The van der Waals surface area contributed by atoms with Gasteiger partial charge in [0.2, 0.25) is 0 Å². The molecule has 1 aromatic heterocycles. The Bertz CT molecular complexity index is 772. The first-order chi connectivity index (χ1) is 9.70. The molecular formula is C17H15NO2. The highest BCUT2D eigenvalue weighted by molar-refractivity contribution is 5.97. The molecule has 0 spiro atoms. The fourth-order valence-electron chi connectivity index (χ4n) is 2.44. The Balaban J connectivity index is 2.34. The minimum absolute atomic E-state index is 0.331. The van der Waals surface area contributed by atoms with Crippen molar-refractivity contribution < 1.29 is 9.53 Å². The molecule has 0 saturated heterocycles. The van der Waals surface area contributed by atoms with Gasteiger partial charge in [0.15, 0.2) is 0 Å². The second-order valence-corrected chi connectivity index (χ2v) is 4.75. The minimum atomic E-state index is -0.331. The van der Waals surface area contributed by atoms with Crippen LogP contribution < -0.4 is 0 Å². The van der Waals surface area contributed by atoms with Crippen LogP contribution in [0.25, 0.3) is 16.6 Å². The van der Waals surface area contributed by atoms with Crippen LogP contribution in [0.3, 0.4) is 0 Å². The number of methoxy groups -OCH3 is 1. The summed E-state index contributed by atoms with van der Waals surface area (Å²) in [4.78, 5) is 12.0. The second kappa shape index (κ2) is 4.85. The molecule has 2 aromatic carbocycles. The summed E-state index contributed by atoms with van der Waals surface area (Å²) in [7, 11) is 1.40. The van der Waals surface area contributed by atoms with Crippen LogP contribution in [0.2, 0.25) is 0 Å². The van der Waals surface area contributed by atoms with Crippen LogP contribution >= 0.6 is 0 Å². The molecule has 0 fully saturated rings. The molecule has 100 valence electrons. The lowest BCUT2D eigenvalue weighted by Gasteiger charge is -2.09. The second-order valence-electron chi connectivity index (χ2n) is 4.75. The molecule has 3 rings (SSSR count). The van der Waals surface area contributed by atoms with Crippen molar-refractivity contribution in [3.05, 3.63) is 65.9 Å². The van der Waals surface area contributed by atoms with E-state index in [0.717, 1.165) is 16.6 Å². The minimum Gasteiger partial charge on any atom is -0.464 e. The summed E-state index contributed by atoms with van der Waals surface area (Å²) < 4.78 is 6.83. The van der Waals surface area contributed by atoms with Crippen LogP contribution in [0.5, 0.6) is 0 Å². The quantitative estimate of drug-likeness (QED) is 0.661. The molecule has 3 heteroatoms. The predicted octanol–water partition coefficient (Wildman–Crippen LogP) is 3.73. The number of nitrogens with zero attached hydrogens (tertiary/aromatic N) is 1. The molecule has 0 aliphatic rings. The Kier molecular flexibility index (Phi) is 3.03. The maximum atomic E-state index is 12.0. The van der Waals surface area contributed by atoms with Gasteiger partial charge < -0.3 is 9.30 Å². The number of fused-ring (bicyclic) bond motifs is 1. The molecule has 3 aromatic rings. The lowest BCUT2D eigenvalue weighted by Crippen LogP contribution is -2.08. The van der Waals surface area contributed by atoms with E-state index in [0.29, 0.717) is 5.69 Å². The average Bonchev–Trinajstić information content (AvgIpc) is 2.85. The number of esters is 1. The van der Waals surface area contributed by atoms with Crippen molar-refractivity contribution in [3.63, 3.8) is 0 Å². The van der Waals surface area contributed by atoms with E-state index in [4.69, 9.17) is 4.74 Å². The highest BCUT2D eigenvalue weighted by atomic mass is 16.5. The van der Waals surface area contributed by atoms with Crippen molar-refractivity contribution in [3.8, 4) is 5.69 Å². The van der Waals surface area contributed by atoms with E-state index < -0.39 is 0 Å². The molecule has 0 saturated carbocycles. The number of carbonyl (C=O) groups is 1. The van der Waals surface area contributed by atoms with E-state index in [1.807, 2.05) is 60.0 Å². The highest BCUT2D eigenvalue weighted by Gasteiger charge is 2.17. The number of aryl methyl sites for hydroxylation is 1. The number of carbonyl (C=O) groups excluding carboxylic acids is 1. The van der Waals surface area contributed by atoms with Gasteiger partial charge in [0.25, 0.3) is 0 Å². The first-order valence-corrected chi connectivity index (χ1v) is 6.46. The molecule has 0 amide bonds. The smallest absolute Gasteiger partial charge is 0.355 e. The lowest BCUT2D eigenvalue weighted by atomic mass is 10.2. The van der Waals surface area contributed by atoms with E-state index in [9.17, 15) is 4.79 Å². The van der Waals surface area contributed by atoms with Crippen LogP contribution in [-0.4, -0.2) is 17.6 Å². The van der Waals surface area contributed by atoms with Gasteiger partial charge in [-0.2, -0.15) is 0 Å². The Hall–Kier alpha value is -2.55. The first-order valence-electron chi connectivity index (χ1n) is 6.46. The van der Waals surface area contributed by atoms with Crippen LogP contribution in [-0.2, 0) is 4.74 Å². The summed E-state index contributed by atoms with van der Waals surface area (Å²) in [5.41, 5.74) is 3.66. The van der Waals surface area contributed by atoms with Gasteiger partial charge in [0.1, 0.15) is 5.69 Å². The van der Waals surface area contributed by atoms with Crippen molar-refractivity contribution >= 4 is 16.9 Å². The molecular weight excluding hydrogens is 250 g/mol. The topological polar surface area (TPSA) is 31.2 Å². The monoisotopic (exact) mass is 265 g/mol. The van der Waals surface area contributed by atoms with Gasteiger partial charge in [-0.3, -0.25) is 0 Å². The van der Waals surface area contributed by atoms with E-state index in [1.54, 1.807) is 0 Å². The van der Waals surface area contributed by atoms with Crippen LogP contribution in [0.1, 0.15) is 16.1 Å². The van der Waals surface area contributed by atoms with Gasteiger partial charge >= 0.3 is 5.97 Å². The van der Waals surface area contributed by atoms with Gasteiger partial charge in [-0.25, -0.2) is 4.79 Å². The number of rotatable bonds is 2. The number of hydrogen-bond donors (Lipinski definition) is 0. The maximum absolute atomic E-state index is 12.0. The number of aromatic nitrogens is 1. The standard InChI is InChI=1S/C17H15NO2/c1-12-8-9-15-13(10-12)11-16(17(19)20-2)18(15)14-6-4-3-5-7-14/h3-11H,1-2H3. The Morgan fingerprint density at radius 2 is 1.80 bits per heavy atom. The van der Waals surface area contributed by atoms with Gasteiger partial charge in [-0.15, -0.1) is 0 Å². The van der Waals surface area contributed by atoms with Crippen LogP contribution in [0.4, 0.5) is 0 Å². The zero-order chi connectivity index (χ0) is 14.1. The number of ether oxygens (including phenoxy) is 1. The third-order valence-electron chi connectivity index (χ3n) is 3.37. The highest BCUT2D eigenvalue weighted by Crippen LogP contribution is 2.25. The van der Waals surface area contributed by atoms with Crippen molar-refractivity contribution in [1.82, 2.24) is 4.57 Å². The summed E-state index contributed by atoms with van der Waals surface area (Å²) in [5, 5.41) is 1.04. The van der Waals surface area contributed by atoms with Gasteiger partial charge in [0, 0.05) is 11.1 Å². The van der Waals surface area contributed by atoms with E-state index in [2.05, 4.69) is 6.07 Å². The zero-order valence-electron chi connectivity index (χ0n) is 11.5. The van der Waals surface area contributed by atoms with Crippen molar-refractivity contribution in [2.45, 2.75) is 6.92 Å². The third-order valence-corrected chi connectivity index (χ3v) is 3.37.